The maximum absolute atomic E-state index is 14.4. The second-order valence-corrected chi connectivity index (χ2v) is 7.27. The van der Waals surface area contributed by atoms with Gasteiger partial charge in [0.25, 0.3) is 5.91 Å². The smallest absolute Gasteiger partial charge is 0.347 e. The monoisotopic (exact) mass is 442 g/mol. The molecule has 2 aromatic carbocycles. The molecular weight excluding hydrogens is 422 g/mol. The van der Waals surface area contributed by atoms with E-state index >= 15 is 0 Å². The van der Waals surface area contributed by atoms with Crippen LogP contribution in [0.15, 0.2) is 60.8 Å². The van der Waals surface area contributed by atoms with Crippen LogP contribution in [-0.2, 0) is 11.3 Å². The summed E-state index contributed by atoms with van der Waals surface area (Å²) >= 11 is 0. The molecule has 0 unspecified atom stereocenters. The third-order valence-electron chi connectivity index (χ3n) is 4.40. The summed E-state index contributed by atoms with van der Waals surface area (Å²) in [5.41, 5.74) is -1.24. The normalized spacial score (nSPS) is 11.0. The molecule has 0 spiro atoms. The molecule has 1 aromatic heterocycles. The van der Waals surface area contributed by atoms with Gasteiger partial charge in [-0.1, -0.05) is 6.07 Å². The fourth-order valence-corrected chi connectivity index (χ4v) is 2.60. The number of amides is 1. The van der Waals surface area contributed by atoms with Gasteiger partial charge in [-0.25, -0.2) is 18.6 Å². The van der Waals surface area contributed by atoms with Crippen molar-refractivity contribution in [1.82, 2.24) is 10.3 Å². The van der Waals surface area contributed by atoms with E-state index < -0.39 is 29.1 Å². The Bertz CT molecular complexity index is 1130. The lowest BCUT2D eigenvalue weighted by atomic mass is 10.1. The summed E-state index contributed by atoms with van der Waals surface area (Å²) in [5, 5.41) is 11.7. The van der Waals surface area contributed by atoms with Crippen LogP contribution >= 0.6 is 0 Å². The molecule has 3 aromatic rings. The summed E-state index contributed by atoms with van der Waals surface area (Å²) in [6, 6.07) is 12.1. The summed E-state index contributed by atoms with van der Waals surface area (Å²) in [6.07, 6.45) is 1.44. The molecule has 0 aliphatic rings. The molecule has 0 bridgehead atoms. The molecule has 0 saturated carbocycles. The number of hydrogen-bond donors (Lipinski definition) is 2. The number of nitrogens with zero attached hydrogens (tertiary/aromatic N) is 1. The third-order valence-corrected chi connectivity index (χ3v) is 4.40. The molecule has 0 fully saturated rings. The number of nitrogens with one attached hydrogen (secondary N) is 1. The van der Waals surface area contributed by atoms with Crippen LogP contribution in [0.1, 0.15) is 29.8 Å². The predicted octanol–water partition coefficient (Wildman–Crippen LogP) is 4.32. The van der Waals surface area contributed by atoms with Gasteiger partial charge in [-0.05, 0) is 56.3 Å². The molecule has 1 amide bonds. The van der Waals surface area contributed by atoms with Gasteiger partial charge in [0.1, 0.15) is 28.7 Å². The first-order chi connectivity index (χ1) is 15.2. The summed E-state index contributed by atoms with van der Waals surface area (Å²) in [7, 11) is 0. The highest BCUT2D eigenvalue weighted by atomic mass is 19.1. The molecule has 166 valence electrons. The van der Waals surface area contributed by atoms with Crippen LogP contribution < -0.4 is 14.8 Å². The quantitative estimate of drug-likeness (QED) is 0.539. The number of rotatable bonds is 8. The maximum atomic E-state index is 14.4. The third kappa shape index (κ3) is 5.57. The Morgan fingerprint density at radius 1 is 1.06 bits per heavy atom. The molecule has 3 rings (SSSR count). The molecule has 0 saturated heterocycles. The lowest BCUT2D eigenvalue weighted by Gasteiger charge is -2.21. The number of halogens is 2. The van der Waals surface area contributed by atoms with Crippen LogP contribution in [0.4, 0.5) is 8.78 Å². The number of carboxylic acid groups (broad SMARTS) is 1. The van der Waals surface area contributed by atoms with Crippen molar-refractivity contribution in [3.8, 4) is 17.4 Å². The van der Waals surface area contributed by atoms with E-state index in [0.717, 1.165) is 6.07 Å². The molecule has 7 nitrogen and oxygen atoms in total. The average molecular weight is 442 g/mol. The summed E-state index contributed by atoms with van der Waals surface area (Å²) < 4.78 is 38.4. The molecule has 32 heavy (non-hydrogen) atoms. The van der Waals surface area contributed by atoms with E-state index in [-0.39, 0.29) is 29.3 Å². The zero-order valence-corrected chi connectivity index (χ0v) is 17.3. The molecule has 1 heterocycles. The van der Waals surface area contributed by atoms with E-state index in [9.17, 15) is 18.4 Å². The minimum Gasteiger partial charge on any atom is -0.478 e. The Balaban J connectivity index is 1.68. The van der Waals surface area contributed by atoms with Gasteiger partial charge >= 0.3 is 5.97 Å². The summed E-state index contributed by atoms with van der Waals surface area (Å²) in [5.74, 6) is -2.49. The lowest BCUT2D eigenvalue weighted by molar-refractivity contribution is -0.152. The van der Waals surface area contributed by atoms with Gasteiger partial charge in [-0.3, -0.25) is 4.79 Å². The van der Waals surface area contributed by atoms with Gasteiger partial charge < -0.3 is 19.9 Å². The molecule has 9 heteroatoms. The van der Waals surface area contributed by atoms with Gasteiger partial charge in [-0.15, -0.1) is 0 Å². The van der Waals surface area contributed by atoms with Gasteiger partial charge in [-0.2, -0.15) is 0 Å². The first-order valence-electron chi connectivity index (χ1n) is 9.53. The van der Waals surface area contributed by atoms with Crippen molar-refractivity contribution in [2.75, 3.05) is 0 Å². The van der Waals surface area contributed by atoms with Crippen LogP contribution in [0, 0.1) is 11.6 Å². The second-order valence-electron chi connectivity index (χ2n) is 7.27. The lowest BCUT2D eigenvalue weighted by Crippen LogP contribution is -2.37. The number of ether oxygens (including phenoxy) is 2. The van der Waals surface area contributed by atoms with Gasteiger partial charge in [0, 0.05) is 24.4 Å². The second kappa shape index (κ2) is 9.42. The predicted molar refractivity (Wildman–Crippen MR) is 111 cm³/mol. The van der Waals surface area contributed by atoms with E-state index in [1.807, 2.05) is 0 Å². The van der Waals surface area contributed by atoms with Gasteiger partial charge in [0.2, 0.25) is 5.88 Å². The first kappa shape index (κ1) is 22.7. The molecule has 0 radical (unpaired) electrons. The number of hydrogen-bond acceptors (Lipinski definition) is 5. The van der Waals surface area contributed by atoms with Crippen LogP contribution in [0.3, 0.4) is 0 Å². The van der Waals surface area contributed by atoms with Crippen LogP contribution in [-0.4, -0.2) is 27.6 Å². The summed E-state index contributed by atoms with van der Waals surface area (Å²) in [6.45, 7) is 2.56. The number of benzene rings is 2. The standard InChI is InChI=1S/C23H20F2N2O5/c1-23(2,22(29)30)32-17-8-5-14(19(25)12-17)13-27-20(28)18-4-3-11-26-21(18)31-16-9-6-15(24)7-10-16/h3-12H,13H2,1-2H3,(H,27,28)(H,29,30). The van der Waals surface area contributed by atoms with Crippen LogP contribution in [0.5, 0.6) is 17.4 Å². The Hall–Kier alpha value is -4.01. The Kier molecular flexibility index (Phi) is 6.67. The van der Waals surface area contributed by atoms with Crippen molar-refractivity contribution in [3.05, 3.63) is 83.6 Å². The zero-order chi connectivity index (χ0) is 23.3. The molecule has 0 aliphatic heterocycles. The Morgan fingerprint density at radius 3 is 2.41 bits per heavy atom. The fraction of sp³-hybridized carbons (Fsp3) is 0.174. The number of carbonyl (C=O) groups excluding carboxylic acids is 1. The highest BCUT2D eigenvalue weighted by Gasteiger charge is 2.29. The van der Waals surface area contributed by atoms with Crippen LogP contribution in [0.25, 0.3) is 0 Å². The van der Waals surface area contributed by atoms with Crippen molar-refractivity contribution in [3.63, 3.8) is 0 Å². The Morgan fingerprint density at radius 2 is 1.75 bits per heavy atom. The molecular formula is C23H20F2N2O5. The van der Waals surface area contributed by atoms with Crippen molar-refractivity contribution in [1.29, 1.82) is 0 Å². The number of carbonyl (C=O) groups is 2. The molecule has 2 N–H and O–H groups in total. The molecule has 0 aliphatic carbocycles. The largest absolute Gasteiger partial charge is 0.478 e. The minimum atomic E-state index is -1.52. The van der Waals surface area contributed by atoms with Crippen molar-refractivity contribution < 1.29 is 33.0 Å². The van der Waals surface area contributed by atoms with Crippen molar-refractivity contribution in [2.45, 2.75) is 26.0 Å². The van der Waals surface area contributed by atoms with Crippen molar-refractivity contribution >= 4 is 11.9 Å². The molecule has 0 atom stereocenters. The SMILES string of the molecule is CC(C)(Oc1ccc(CNC(=O)c2cccnc2Oc2ccc(F)cc2)c(F)c1)C(=O)O. The fourth-order valence-electron chi connectivity index (χ4n) is 2.60. The number of pyridine rings is 1. The highest BCUT2D eigenvalue weighted by Crippen LogP contribution is 2.24. The number of aromatic nitrogens is 1. The van der Waals surface area contributed by atoms with E-state index in [4.69, 9.17) is 14.6 Å². The first-order valence-corrected chi connectivity index (χ1v) is 9.53. The van der Waals surface area contributed by atoms with E-state index in [0.29, 0.717) is 5.75 Å². The number of carboxylic acids is 1. The van der Waals surface area contributed by atoms with Gasteiger partial charge in [0.05, 0.1) is 0 Å². The van der Waals surface area contributed by atoms with E-state index in [2.05, 4.69) is 10.3 Å². The van der Waals surface area contributed by atoms with Gasteiger partial charge in [0.15, 0.2) is 5.60 Å². The van der Waals surface area contributed by atoms with E-state index in [1.165, 1.54) is 62.5 Å². The average Bonchev–Trinajstić information content (AvgIpc) is 2.74. The highest BCUT2D eigenvalue weighted by molar-refractivity contribution is 5.96. The topological polar surface area (TPSA) is 97.8 Å². The van der Waals surface area contributed by atoms with E-state index in [1.54, 1.807) is 6.07 Å². The summed E-state index contributed by atoms with van der Waals surface area (Å²) in [4.78, 5) is 27.8. The minimum absolute atomic E-state index is 0.0109. The van der Waals surface area contributed by atoms with Crippen LogP contribution in [0.2, 0.25) is 0 Å². The maximum Gasteiger partial charge on any atom is 0.347 e. The van der Waals surface area contributed by atoms with Crippen molar-refractivity contribution in [2.24, 2.45) is 0 Å². The number of aliphatic carboxylic acids is 1. The Labute approximate surface area is 182 Å². The zero-order valence-electron chi connectivity index (χ0n) is 17.3.